The number of fused-ring (bicyclic) bond motifs is 1. The van der Waals surface area contributed by atoms with Crippen molar-refractivity contribution in [3.63, 3.8) is 0 Å². The second kappa shape index (κ2) is 4.38. The molecule has 0 aromatic heterocycles. The summed E-state index contributed by atoms with van der Waals surface area (Å²) in [6, 6.07) is 1.89. The predicted octanol–water partition coefficient (Wildman–Crippen LogP) is 2.01. The average molecular weight is 274 g/mol. The zero-order valence-corrected chi connectivity index (χ0v) is 9.93. The van der Waals surface area contributed by atoms with Crippen LogP contribution in [0.25, 0.3) is 0 Å². The van der Waals surface area contributed by atoms with Crippen molar-refractivity contribution in [3.8, 4) is 11.5 Å². The van der Waals surface area contributed by atoms with Gasteiger partial charge in [-0.15, -0.1) is 0 Å². The summed E-state index contributed by atoms with van der Waals surface area (Å²) in [5.74, 6) is 1.48. The normalized spacial score (nSPS) is 14.1. The Morgan fingerprint density at radius 1 is 1.47 bits per heavy atom. The molecule has 1 heterocycles. The smallest absolute Gasteiger partial charge is 0.175 e. The van der Waals surface area contributed by atoms with Crippen LogP contribution in [0.15, 0.2) is 10.5 Å². The Hall–Kier alpha value is -0.780. The topological polar surface area (TPSA) is 50.7 Å². The Labute approximate surface area is 96.3 Å². The van der Waals surface area contributed by atoms with Gasteiger partial charge in [0.15, 0.2) is 11.5 Å². The van der Waals surface area contributed by atoms with E-state index in [9.17, 15) is 0 Å². The van der Waals surface area contributed by atoms with Crippen LogP contribution in [0.2, 0.25) is 0 Å². The van der Waals surface area contributed by atoms with Crippen LogP contribution in [0.4, 0.5) is 0 Å². The molecule has 2 N–H and O–H groups in total. The van der Waals surface area contributed by atoms with Crippen LogP contribution < -0.4 is 15.0 Å². The highest BCUT2D eigenvalue weighted by atomic mass is 79.9. The van der Waals surface area contributed by atoms with Crippen molar-refractivity contribution in [2.45, 2.75) is 13.5 Å². The summed E-state index contributed by atoms with van der Waals surface area (Å²) >= 11 is 3.47. The highest BCUT2D eigenvalue weighted by Gasteiger charge is 2.19. The van der Waals surface area contributed by atoms with E-state index in [-0.39, 0.29) is 0 Å². The molecule has 1 aromatic carbocycles. The average Bonchev–Trinajstić information content (AvgIpc) is 2.26. The highest BCUT2D eigenvalue weighted by molar-refractivity contribution is 9.10. The van der Waals surface area contributed by atoms with E-state index in [1.165, 1.54) is 0 Å². The van der Waals surface area contributed by atoms with Crippen LogP contribution in [0.3, 0.4) is 0 Å². The lowest BCUT2D eigenvalue weighted by Gasteiger charge is -2.22. The second-order valence-electron chi connectivity index (χ2n) is 3.33. The first-order valence-corrected chi connectivity index (χ1v) is 5.48. The number of nitrogens with one attached hydrogen (secondary N) is 1. The largest absolute Gasteiger partial charge is 0.486 e. The van der Waals surface area contributed by atoms with Gasteiger partial charge < -0.3 is 14.7 Å². The fraction of sp³-hybridized carbons (Fsp3) is 0.400. The van der Waals surface area contributed by atoms with Gasteiger partial charge in [-0.05, 0) is 40.0 Å². The van der Waals surface area contributed by atoms with E-state index in [1.807, 2.05) is 13.0 Å². The molecule has 0 aliphatic carbocycles. The van der Waals surface area contributed by atoms with Crippen LogP contribution in [-0.4, -0.2) is 18.4 Å². The summed E-state index contributed by atoms with van der Waals surface area (Å²) in [6.07, 6.45) is 0. The van der Waals surface area contributed by atoms with Crippen LogP contribution >= 0.6 is 15.9 Å². The lowest BCUT2D eigenvalue weighted by Crippen LogP contribution is -2.17. The molecule has 0 spiro atoms. The maximum atomic E-state index is 8.70. The third-order valence-electron chi connectivity index (χ3n) is 2.40. The lowest BCUT2D eigenvalue weighted by molar-refractivity contribution is 0.158. The van der Waals surface area contributed by atoms with Gasteiger partial charge in [0.2, 0.25) is 0 Å². The molecule has 0 amide bonds. The summed E-state index contributed by atoms with van der Waals surface area (Å²) in [6.45, 7) is 3.49. The first kappa shape index (κ1) is 10.7. The van der Waals surface area contributed by atoms with Crippen molar-refractivity contribution >= 4 is 15.9 Å². The molecule has 1 aliphatic heterocycles. The third kappa shape index (κ3) is 1.95. The summed E-state index contributed by atoms with van der Waals surface area (Å²) in [5.41, 5.74) is 4.16. The van der Waals surface area contributed by atoms with E-state index in [1.54, 1.807) is 0 Å². The van der Waals surface area contributed by atoms with Crippen LogP contribution in [0.5, 0.6) is 11.5 Å². The van der Waals surface area contributed by atoms with Gasteiger partial charge in [-0.2, -0.15) is 0 Å². The van der Waals surface area contributed by atoms with Gasteiger partial charge in [0.25, 0.3) is 0 Å². The fourth-order valence-corrected chi connectivity index (χ4v) is 2.12. The summed E-state index contributed by atoms with van der Waals surface area (Å²) in [7, 11) is 0. The summed E-state index contributed by atoms with van der Waals surface area (Å²) in [5, 5.41) is 8.70. The monoisotopic (exact) mass is 273 g/mol. The predicted molar refractivity (Wildman–Crippen MR) is 58.5 cm³/mol. The quantitative estimate of drug-likeness (QED) is 0.810. The Morgan fingerprint density at radius 3 is 2.93 bits per heavy atom. The minimum absolute atomic E-state index is 0.390. The zero-order valence-electron chi connectivity index (χ0n) is 8.34. The Morgan fingerprint density at radius 2 is 2.20 bits per heavy atom. The molecular formula is C10H12BrNO3. The number of hydrogen-bond donors (Lipinski definition) is 2. The first-order chi connectivity index (χ1) is 7.24. The van der Waals surface area contributed by atoms with E-state index in [0.717, 1.165) is 27.1 Å². The maximum absolute atomic E-state index is 8.70. The molecule has 1 aromatic rings. The van der Waals surface area contributed by atoms with Gasteiger partial charge in [0.05, 0.1) is 4.47 Å². The van der Waals surface area contributed by atoms with E-state index in [2.05, 4.69) is 21.4 Å². The summed E-state index contributed by atoms with van der Waals surface area (Å²) in [4.78, 5) is 0. The van der Waals surface area contributed by atoms with E-state index in [4.69, 9.17) is 14.7 Å². The Balaban J connectivity index is 2.47. The van der Waals surface area contributed by atoms with Crippen molar-refractivity contribution in [3.05, 3.63) is 21.7 Å². The Kier molecular flexibility index (Phi) is 3.14. The number of halogens is 1. The molecule has 82 valence electrons. The number of benzene rings is 1. The highest BCUT2D eigenvalue weighted by Crippen LogP contribution is 2.41. The molecule has 0 bridgehead atoms. The molecule has 0 radical (unpaired) electrons. The first-order valence-electron chi connectivity index (χ1n) is 4.68. The van der Waals surface area contributed by atoms with Gasteiger partial charge in [-0.25, -0.2) is 5.48 Å². The second-order valence-corrected chi connectivity index (χ2v) is 4.13. The van der Waals surface area contributed by atoms with Gasteiger partial charge >= 0.3 is 0 Å². The lowest BCUT2D eigenvalue weighted by atomic mass is 10.1. The molecule has 0 saturated heterocycles. The van der Waals surface area contributed by atoms with E-state index in [0.29, 0.717) is 19.8 Å². The number of ether oxygens (including phenoxy) is 2. The van der Waals surface area contributed by atoms with E-state index < -0.39 is 0 Å². The molecule has 2 rings (SSSR count). The molecular weight excluding hydrogens is 262 g/mol. The van der Waals surface area contributed by atoms with Crippen LogP contribution in [0, 0.1) is 6.92 Å². The van der Waals surface area contributed by atoms with Crippen LogP contribution in [0.1, 0.15) is 11.1 Å². The van der Waals surface area contributed by atoms with Crippen molar-refractivity contribution in [1.29, 1.82) is 0 Å². The number of hydroxylamine groups is 1. The molecule has 0 fully saturated rings. The minimum atomic E-state index is 0.390. The van der Waals surface area contributed by atoms with Crippen molar-refractivity contribution in [2.75, 3.05) is 13.2 Å². The molecule has 0 atom stereocenters. The van der Waals surface area contributed by atoms with Crippen molar-refractivity contribution in [2.24, 2.45) is 0 Å². The van der Waals surface area contributed by atoms with Gasteiger partial charge in [0, 0.05) is 6.54 Å². The molecule has 0 saturated carbocycles. The number of hydrogen-bond acceptors (Lipinski definition) is 4. The summed E-state index contributed by atoms with van der Waals surface area (Å²) < 4.78 is 11.9. The fourth-order valence-electron chi connectivity index (χ4n) is 1.56. The molecule has 15 heavy (non-hydrogen) atoms. The molecule has 1 aliphatic rings. The molecule has 0 unspecified atom stereocenters. The Bertz CT molecular complexity index is 381. The standard InChI is InChI=1S/C10H12BrNO3/c1-6-7(5-12-13)4-8-10(9(6)11)15-3-2-14-8/h4,12-13H,2-3,5H2,1H3. The van der Waals surface area contributed by atoms with Gasteiger partial charge in [-0.3, -0.25) is 0 Å². The third-order valence-corrected chi connectivity index (χ3v) is 3.35. The molecule has 4 nitrogen and oxygen atoms in total. The van der Waals surface area contributed by atoms with Crippen molar-refractivity contribution < 1.29 is 14.7 Å². The minimum Gasteiger partial charge on any atom is -0.486 e. The molecule has 5 heteroatoms. The SMILES string of the molecule is Cc1c(CNO)cc2c(c1Br)OCCO2. The van der Waals surface area contributed by atoms with Crippen molar-refractivity contribution in [1.82, 2.24) is 5.48 Å². The van der Waals surface area contributed by atoms with Gasteiger partial charge in [0.1, 0.15) is 13.2 Å². The maximum Gasteiger partial charge on any atom is 0.175 e. The van der Waals surface area contributed by atoms with E-state index >= 15 is 0 Å². The number of rotatable bonds is 2. The van der Waals surface area contributed by atoms with Gasteiger partial charge in [-0.1, -0.05) is 0 Å². The van der Waals surface area contributed by atoms with Crippen LogP contribution in [-0.2, 0) is 6.54 Å². The zero-order chi connectivity index (χ0) is 10.8.